The Labute approximate surface area is 155 Å². The number of H-pyrrole nitrogens is 1. The van der Waals surface area contributed by atoms with E-state index in [0.29, 0.717) is 11.8 Å². The molecular weight excluding hydrogens is 324 g/mol. The molecule has 5 nitrogen and oxygen atoms in total. The summed E-state index contributed by atoms with van der Waals surface area (Å²) in [6.45, 7) is 1.76. The largest absolute Gasteiger partial charge is 0.342 e. The molecular formula is C21H28N4O. The summed E-state index contributed by atoms with van der Waals surface area (Å²) in [7, 11) is 0. The van der Waals surface area contributed by atoms with E-state index in [-0.39, 0.29) is 0 Å². The number of rotatable bonds is 6. The first-order valence-corrected chi connectivity index (χ1v) is 10.0. The maximum Gasteiger partial charge on any atom is 0.222 e. The molecule has 4 rings (SSSR count). The maximum atomic E-state index is 12.5. The molecule has 1 aromatic heterocycles. The van der Waals surface area contributed by atoms with Crippen molar-refractivity contribution in [2.45, 2.75) is 51.4 Å². The summed E-state index contributed by atoms with van der Waals surface area (Å²) in [5.74, 6) is 3.31. The fourth-order valence-electron chi connectivity index (χ4n) is 4.39. The number of hydrogen-bond acceptors (Lipinski definition) is 3. The van der Waals surface area contributed by atoms with Gasteiger partial charge in [0.05, 0.1) is 0 Å². The van der Waals surface area contributed by atoms with Crippen LogP contribution in [0.5, 0.6) is 0 Å². The fraction of sp³-hybridized carbons (Fsp3) is 0.571. The smallest absolute Gasteiger partial charge is 0.222 e. The molecule has 1 saturated heterocycles. The summed E-state index contributed by atoms with van der Waals surface area (Å²) in [5, 5.41) is 7.41. The highest BCUT2D eigenvalue weighted by molar-refractivity contribution is 5.76. The maximum absolute atomic E-state index is 12.5. The minimum absolute atomic E-state index is 0.349. The number of aromatic amines is 1. The van der Waals surface area contributed by atoms with Gasteiger partial charge in [-0.25, -0.2) is 4.98 Å². The van der Waals surface area contributed by atoms with Gasteiger partial charge in [0, 0.05) is 31.5 Å². The van der Waals surface area contributed by atoms with Crippen LogP contribution in [-0.2, 0) is 11.2 Å². The van der Waals surface area contributed by atoms with E-state index in [2.05, 4.69) is 20.1 Å². The summed E-state index contributed by atoms with van der Waals surface area (Å²) < 4.78 is 0. The summed E-state index contributed by atoms with van der Waals surface area (Å²) in [4.78, 5) is 19.2. The number of likely N-dealkylation sites (tertiary alicyclic amines) is 1. The first-order valence-electron chi connectivity index (χ1n) is 10.0. The minimum Gasteiger partial charge on any atom is -0.342 e. The second-order valence-corrected chi connectivity index (χ2v) is 7.86. The van der Waals surface area contributed by atoms with Gasteiger partial charge in [0.25, 0.3) is 0 Å². The van der Waals surface area contributed by atoms with Crippen LogP contribution in [-0.4, -0.2) is 39.1 Å². The Bertz CT molecular complexity index is 721. The zero-order chi connectivity index (χ0) is 17.8. The van der Waals surface area contributed by atoms with E-state index in [4.69, 9.17) is 0 Å². The van der Waals surface area contributed by atoms with E-state index in [1.807, 2.05) is 30.3 Å². The number of hydrogen-bond donors (Lipinski definition) is 1. The van der Waals surface area contributed by atoms with Crippen molar-refractivity contribution in [2.24, 2.45) is 11.8 Å². The number of carbonyl (C=O) groups excluding carboxylic acids is 1. The van der Waals surface area contributed by atoms with Crippen LogP contribution < -0.4 is 0 Å². The Hall–Kier alpha value is -2.17. The van der Waals surface area contributed by atoms with Crippen LogP contribution in [0.3, 0.4) is 0 Å². The van der Waals surface area contributed by atoms with Crippen LogP contribution >= 0.6 is 0 Å². The van der Waals surface area contributed by atoms with Gasteiger partial charge in [-0.3, -0.25) is 9.89 Å². The molecule has 138 valence electrons. The van der Waals surface area contributed by atoms with Gasteiger partial charge in [-0.2, -0.15) is 5.10 Å². The predicted molar refractivity (Wildman–Crippen MR) is 101 cm³/mol. The summed E-state index contributed by atoms with van der Waals surface area (Å²) >= 11 is 0. The summed E-state index contributed by atoms with van der Waals surface area (Å²) in [6.07, 6.45) is 9.11. The van der Waals surface area contributed by atoms with Gasteiger partial charge < -0.3 is 4.90 Å². The van der Waals surface area contributed by atoms with Crippen LogP contribution in [0.1, 0.15) is 50.8 Å². The van der Waals surface area contributed by atoms with Crippen LogP contribution in [0, 0.1) is 11.8 Å². The van der Waals surface area contributed by atoms with Gasteiger partial charge in [0.2, 0.25) is 5.91 Å². The average Bonchev–Trinajstić information content (AvgIpc) is 3.43. The second kappa shape index (κ2) is 8.02. The molecule has 1 aromatic carbocycles. The molecule has 1 aliphatic carbocycles. The van der Waals surface area contributed by atoms with Gasteiger partial charge in [-0.15, -0.1) is 0 Å². The molecule has 1 aliphatic heterocycles. The molecule has 0 spiro atoms. The topological polar surface area (TPSA) is 61.9 Å². The molecule has 1 atom stereocenters. The third-order valence-corrected chi connectivity index (χ3v) is 5.93. The van der Waals surface area contributed by atoms with Crippen LogP contribution in [0.25, 0.3) is 11.4 Å². The molecule has 1 unspecified atom stereocenters. The third kappa shape index (κ3) is 4.14. The zero-order valence-electron chi connectivity index (χ0n) is 15.4. The average molecular weight is 352 g/mol. The lowest BCUT2D eigenvalue weighted by Gasteiger charge is -2.17. The molecule has 0 bridgehead atoms. The number of carbonyl (C=O) groups is 1. The Morgan fingerprint density at radius 1 is 1.12 bits per heavy atom. The van der Waals surface area contributed by atoms with Crippen molar-refractivity contribution in [3.8, 4) is 11.4 Å². The molecule has 0 radical (unpaired) electrons. The molecule has 2 fully saturated rings. The summed E-state index contributed by atoms with van der Waals surface area (Å²) in [5.41, 5.74) is 1.03. The third-order valence-electron chi connectivity index (χ3n) is 5.93. The van der Waals surface area contributed by atoms with Crippen LogP contribution in [0.2, 0.25) is 0 Å². The minimum atomic E-state index is 0.349. The van der Waals surface area contributed by atoms with Gasteiger partial charge in [-0.1, -0.05) is 56.0 Å². The Kier molecular flexibility index (Phi) is 5.32. The number of aromatic nitrogens is 3. The molecule has 1 saturated carbocycles. The van der Waals surface area contributed by atoms with Gasteiger partial charge >= 0.3 is 0 Å². The van der Waals surface area contributed by atoms with E-state index in [9.17, 15) is 4.79 Å². The number of nitrogens with one attached hydrogen (secondary N) is 1. The highest BCUT2D eigenvalue weighted by atomic mass is 16.2. The zero-order valence-corrected chi connectivity index (χ0v) is 15.4. The Morgan fingerprint density at radius 3 is 2.73 bits per heavy atom. The van der Waals surface area contributed by atoms with Crippen molar-refractivity contribution in [3.05, 3.63) is 36.2 Å². The van der Waals surface area contributed by atoms with Crippen molar-refractivity contribution in [2.75, 3.05) is 13.1 Å². The molecule has 2 heterocycles. The van der Waals surface area contributed by atoms with E-state index < -0.39 is 0 Å². The standard InChI is InChI=1S/C21H28N4O/c26-20(11-10-16-6-4-5-7-16)25-13-12-17(15-25)14-19-22-21(24-23-19)18-8-2-1-3-9-18/h1-3,8-9,16-17H,4-7,10-15H2,(H,22,23,24). The quantitative estimate of drug-likeness (QED) is 0.859. The van der Waals surface area contributed by atoms with Gasteiger partial charge in [0.1, 0.15) is 5.82 Å². The van der Waals surface area contributed by atoms with Crippen molar-refractivity contribution >= 4 is 5.91 Å². The highest BCUT2D eigenvalue weighted by Crippen LogP contribution is 2.29. The Morgan fingerprint density at radius 2 is 1.92 bits per heavy atom. The molecule has 26 heavy (non-hydrogen) atoms. The predicted octanol–water partition coefficient (Wildman–Crippen LogP) is 3.83. The molecule has 2 aliphatic rings. The van der Waals surface area contributed by atoms with Crippen molar-refractivity contribution in [1.29, 1.82) is 0 Å². The van der Waals surface area contributed by atoms with E-state index >= 15 is 0 Å². The lowest BCUT2D eigenvalue weighted by atomic mass is 10.0. The van der Waals surface area contributed by atoms with E-state index in [1.54, 1.807) is 0 Å². The van der Waals surface area contributed by atoms with Crippen molar-refractivity contribution in [1.82, 2.24) is 20.1 Å². The SMILES string of the molecule is O=C(CCC1CCCC1)N1CCC(Cc2nc(-c3ccccc3)n[nH]2)C1. The van der Waals surface area contributed by atoms with E-state index in [0.717, 1.165) is 61.9 Å². The highest BCUT2D eigenvalue weighted by Gasteiger charge is 2.27. The second-order valence-electron chi connectivity index (χ2n) is 7.86. The van der Waals surface area contributed by atoms with Crippen molar-refractivity contribution < 1.29 is 4.79 Å². The van der Waals surface area contributed by atoms with Crippen LogP contribution in [0.15, 0.2) is 30.3 Å². The fourth-order valence-corrected chi connectivity index (χ4v) is 4.39. The monoisotopic (exact) mass is 352 g/mol. The molecule has 2 aromatic rings. The van der Waals surface area contributed by atoms with Crippen molar-refractivity contribution in [3.63, 3.8) is 0 Å². The number of nitrogens with zero attached hydrogens (tertiary/aromatic N) is 3. The first-order chi connectivity index (χ1) is 12.8. The van der Waals surface area contributed by atoms with Gasteiger partial charge in [0.15, 0.2) is 5.82 Å². The molecule has 1 amide bonds. The molecule has 5 heteroatoms. The number of benzene rings is 1. The summed E-state index contributed by atoms with van der Waals surface area (Å²) in [6, 6.07) is 10.0. The van der Waals surface area contributed by atoms with E-state index in [1.165, 1.54) is 25.7 Å². The Balaban J connectivity index is 1.26. The lowest BCUT2D eigenvalue weighted by Crippen LogP contribution is -2.29. The normalized spacial score (nSPS) is 20.8. The lowest BCUT2D eigenvalue weighted by molar-refractivity contribution is -0.130. The molecule has 1 N–H and O–H groups in total. The van der Waals surface area contributed by atoms with Crippen LogP contribution in [0.4, 0.5) is 0 Å². The first kappa shape index (κ1) is 17.3. The van der Waals surface area contributed by atoms with Gasteiger partial charge in [-0.05, 0) is 24.7 Å². The number of amides is 1.